The van der Waals surface area contributed by atoms with Gasteiger partial charge in [-0.3, -0.25) is 0 Å². The van der Waals surface area contributed by atoms with Gasteiger partial charge in [-0.1, -0.05) is 17.7 Å². The Bertz CT molecular complexity index is 606. The highest BCUT2D eigenvalue weighted by molar-refractivity contribution is 7.15. The average Bonchev–Trinajstić information content (AvgIpc) is 2.81. The van der Waals surface area contributed by atoms with Crippen molar-refractivity contribution >= 4 is 22.9 Å². The van der Waals surface area contributed by atoms with Crippen molar-refractivity contribution in [3.63, 3.8) is 0 Å². The van der Waals surface area contributed by atoms with Crippen molar-refractivity contribution in [1.29, 1.82) is 0 Å². The van der Waals surface area contributed by atoms with Crippen LogP contribution in [0.1, 0.15) is 35.0 Å². The van der Waals surface area contributed by atoms with Crippen molar-refractivity contribution in [2.24, 2.45) is 0 Å². The van der Waals surface area contributed by atoms with Crippen LogP contribution in [0.15, 0.2) is 18.2 Å². The van der Waals surface area contributed by atoms with Crippen LogP contribution in [-0.2, 0) is 6.42 Å². The normalized spacial score (nSPS) is 18.4. The highest BCUT2D eigenvalue weighted by atomic mass is 35.5. The Kier molecular flexibility index (Phi) is 3.61. The number of aromatic nitrogens is 1. The summed E-state index contributed by atoms with van der Waals surface area (Å²) in [6.45, 7) is 2.09. The molecule has 1 heterocycles. The molecule has 1 N–H and O–H groups in total. The number of fused-ring (bicyclic) bond motifs is 1. The zero-order valence-corrected chi connectivity index (χ0v) is 12.7. The lowest BCUT2D eigenvalue weighted by Gasteiger charge is -2.19. The number of hydrogen-bond acceptors (Lipinski definition) is 3. The Morgan fingerprint density at radius 2 is 2.26 bits per heavy atom. The van der Waals surface area contributed by atoms with Crippen LogP contribution in [0.25, 0.3) is 10.6 Å². The molecule has 2 aromatic rings. The van der Waals surface area contributed by atoms with Crippen molar-refractivity contribution in [3.8, 4) is 10.6 Å². The smallest absolute Gasteiger partial charge is 0.124 e. The first-order valence-corrected chi connectivity index (χ1v) is 7.82. The highest BCUT2D eigenvalue weighted by Crippen LogP contribution is 2.38. The van der Waals surface area contributed by atoms with Crippen LogP contribution in [0.5, 0.6) is 0 Å². The maximum absolute atomic E-state index is 6.02. The van der Waals surface area contributed by atoms with E-state index in [-0.39, 0.29) is 0 Å². The number of nitrogens with one attached hydrogen (secondary N) is 1. The topological polar surface area (TPSA) is 24.9 Å². The third kappa shape index (κ3) is 2.42. The number of halogens is 1. The molecular formula is C15H17ClN2S. The predicted molar refractivity (Wildman–Crippen MR) is 82.0 cm³/mol. The molecule has 3 rings (SSSR count). The molecular weight excluding hydrogens is 276 g/mol. The van der Waals surface area contributed by atoms with E-state index in [1.54, 1.807) is 0 Å². The molecule has 0 spiro atoms. The van der Waals surface area contributed by atoms with Gasteiger partial charge in [0.15, 0.2) is 0 Å². The van der Waals surface area contributed by atoms with Crippen molar-refractivity contribution in [3.05, 3.63) is 39.4 Å². The summed E-state index contributed by atoms with van der Waals surface area (Å²) in [5.74, 6) is 0. The van der Waals surface area contributed by atoms with Gasteiger partial charge in [0.2, 0.25) is 0 Å². The summed E-state index contributed by atoms with van der Waals surface area (Å²) in [5.41, 5.74) is 3.68. The minimum atomic E-state index is 0.475. The van der Waals surface area contributed by atoms with E-state index in [9.17, 15) is 0 Å². The van der Waals surface area contributed by atoms with E-state index < -0.39 is 0 Å². The van der Waals surface area contributed by atoms with Gasteiger partial charge in [-0.15, -0.1) is 11.3 Å². The van der Waals surface area contributed by atoms with Crippen LogP contribution in [-0.4, -0.2) is 12.0 Å². The first kappa shape index (κ1) is 13.1. The zero-order chi connectivity index (χ0) is 13.4. The molecule has 0 saturated heterocycles. The first-order chi connectivity index (χ1) is 9.19. The molecule has 0 saturated carbocycles. The zero-order valence-electron chi connectivity index (χ0n) is 11.2. The van der Waals surface area contributed by atoms with E-state index in [1.165, 1.54) is 34.5 Å². The largest absolute Gasteiger partial charge is 0.312 e. The lowest BCUT2D eigenvalue weighted by atomic mass is 9.98. The second kappa shape index (κ2) is 5.23. The molecule has 0 radical (unpaired) electrons. The third-order valence-electron chi connectivity index (χ3n) is 3.72. The molecule has 0 amide bonds. The molecule has 0 aliphatic heterocycles. The fourth-order valence-electron chi connectivity index (χ4n) is 2.68. The minimum absolute atomic E-state index is 0.475. The summed E-state index contributed by atoms with van der Waals surface area (Å²) in [4.78, 5) is 6.26. The molecule has 0 fully saturated rings. The molecule has 4 heteroatoms. The van der Waals surface area contributed by atoms with Gasteiger partial charge in [0, 0.05) is 21.5 Å². The van der Waals surface area contributed by atoms with Gasteiger partial charge in [0.1, 0.15) is 5.01 Å². The van der Waals surface area contributed by atoms with Crippen LogP contribution >= 0.6 is 22.9 Å². The van der Waals surface area contributed by atoms with Crippen LogP contribution in [0, 0.1) is 6.92 Å². The van der Waals surface area contributed by atoms with E-state index in [0.717, 1.165) is 16.5 Å². The Labute approximate surface area is 122 Å². The second-order valence-electron chi connectivity index (χ2n) is 5.02. The van der Waals surface area contributed by atoms with Crippen LogP contribution in [0.4, 0.5) is 0 Å². The molecule has 1 aromatic heterocycles. The molecule has 19 heavy (non-hydrogen) atoms. The summed E-state index contributed by atoms with van der Waals surface area (Å²) in [5, 5.41) is 5.31. The first-order valence-electron chi connectivity index (χ1n) is 6.62. The molecule has 2 nitrogen and oxygen atoms in total. The number of nitrogens with zero attached hydrogens (tertiary/aromatic N) is 1. The maximum atomic E-state index is 6.02. The van der Waals surface area contributed by atoms with Crippen LogP contribution in [0.2, 0.25) is 5.02 Å². The lowest BCUT2D eigenvalue weighted by Crippen LogP contribution is -2.19. The number of thiazole rings is 1. The number of aryl methyl sites for hydroxylation is 2. The molecule has 1 aromatic carbocycles. The van der Waals surface area contributed by atoms with Crippen molar-refractivity contribution in [2.45, 2.75) is 32.2 Å². The van der Waals surface area contributed by atoms with Gasteiger partial charge in [-0.25, -0.2) is 4.98 Å². The Morgan fingerprint density at radius 3 is 3.00 bits per heavy atom. The van der Waals surface area contributed by atoms with Crippen molar-refractivity contribution in [1.82, 2.24) is 10.3 Å². The van der Waals surface area contributed by atoms with Gasteiger partial charge in [-0.05, 0) is 50.9 Å². The molecule has 100 valence electrons. The van der Waals surface area contributed by atoms with Gasteiger partial charge < -0.3 is 5.32 Å². The van der Waals surface area contributed by atoms with E-state index in [4.69, 9.17) is 16.6 Å². The molecule has 1 aliphatic rings. The van der Waals surface area contributed by atoms with Crippen LogP contribution < -0.4 is 5.32 Å². The van der Waals surface area contributed by atoms with Gasteiger partial charge in [0.25, 0.3) is 0 Å². The lowest BCUT2D eigenvalue weighted by molar-refractivity contribution is 0.501. The summed E-state index contributed by atoms with van der Waals surface area (Å²) in [6.07, 6.45) is 3.54. The van der Waals surface area contributed by atoms with Gasteiger partial charge in [0.05, 0.1) is 5.69 Å². The third-order valence-corrected chi connectivity index (χ3v) is 5.20. The fraction of sp³-hybridized carbons (Fsp3) is 0.400. The highest BCUT2D eigenvalue weighted by Gasteiger charge is 2.24. The average molecular weight is 293 g/mol. The standard InChI is InChI=1S/C15H17ClN2S/c1-9-8-10(16)6-7-11(9)15-18-13-5-3-4-12(17-2)14(13)19-15/h6-8,12,17H,3-5H2,1-2H3. The number of rotatable bonds is 2. The van der Waals surface area contributed by atoms with Gasteiger partial charge in [-0.2, -0.15) is 0 Å². The number of benzene rings is 1. The SMILES string of the molecule is CNC1CCCc2nc(-c3ccc(Cl)cc3C)sc21. The summed E-state index contributed by atoms with van der Waals surface area (Å²) >= 11 is 7.85. The molecule has 1 atom stereocenters. The Hall–Kier alpha value is -0.900. The maximum Gasteiger partial charge on any atom is 0.124 e. The van der Waals surface area contributed by atoms with Gasteiger partial charge >= 0.3 is 0 Å². The molecule has 0 bridgehead atoms. The fourth-order valence-corrected chi connectivity index (χ4v) is 4.25. The van der Waals surface area contributed by atoms with Crippen molar-refractivity contribution < 1.29 is 0 Å². The van der Waals surface area contributed by atoms with E-state index in [2.05, 4.69) is 18.3 Å². The van der Waals surface area contributed by atoms with Crippen LogP contribution in [0.3, 0.4) is 0 Å². The molecule has 1 aliphatic carbocycles. The minimum Gasteiger partial charge on any atom is -0.312 e. The van der Waals surface area contributed by atoms with E-state index >= 15 is 0 Å². The molecule has 1 unspecified atom stereocenters. The predicted octanol–water partition coefficient (Wildman–Crippen LogP) is 4.37. The van der Waals surface area contributed by atoms with E-state index in [1.807, 2.05) is 30.5 Å². The summed E-state index contributed by atoms with van der Waals surface area (Å²) in [7, 11) is 2.03. The number of hydrogen-bond donors (Lipinski definition) is 1. The monoisotopic (exact) mass is 292 g/mol. The summed E-state index contributed by atoms with van der Waals surface area (Å²) in [6, 6.07) is 6.51. The van der Waals surface area contributed by atoms with Crippen molar-refractivity contribution in [2.75, 3.05) is 7.05 Å². The Morgan fingerprint density at radius 1 is 1.42 bits per heavy atom. The van der Waals surface area contributed by atoms with E-state index in [0.29, 0.717) is 6.04 Å². The summed E-state index contributed by atoms with van der Waals surface area (Å²) < 4.78 is 0. The Balaban J connectivity index is 2.05. The quantitative estimate of drug-likeness (QED) is 0.889. The second-order valence-corrected chi connectivity index (χ2v) is 6.49.